The van der Waals surface area contributed by atoms with Gasteiger partial charge >= 0.3 is 0 Å². The molecule has 0 atom stereocenters. The van der Waals surface area contributed by atoms with Gasteiger partial charge in [0, 0.05) is 24.7 Å². The van der Waals surface area contributed by atoms with Crippen molar-refractivity contribution < 1.29 is 4.79 Å². The van der Waals surface area contributed by atoms with Crippen molar-refractivity contribution in [3.05, 3.63) is 47.7 Å². The molecule has 0 fully saturated rings. The summed E-state index contributed by atoms with van der Waals surface area (Å²) in [5, 5.41) is 8.12. The fourth-order valence-electron chi connectivity index (χ4n) is 2.78. The van der Waals surface area contributed by atoms with Crippen LogP contribution in [0.15, 0.2) is 36.4 Å². The Morgan fingerprint density at radius 1 is 1.22 bits per heavy atom. The van der Waals surface area contributed by atoms with Crippen LogP contribution < -0.4 is 11.1 Å². The second kappa shape index (κ2) is 8.69. The van der Waals surface area contributed by atoms with E-state index in [1.807, 2.05) is 64.2 Å². The number of fused-ring (bicyclic) bond motifs is 1. The van der Waals surface area contributed by atoms with E-state index in [4.69, 9.17) is 10.7 Å². The summed E-state index contributed by atoms with van der Waals surface area (Å²) in [5.74, 6) is -0.167. The Morgan fingerprint density at radius 3 is 2.44 bits per heavy atom. The van der Waals surface area contributed by atoms with Crippen LogP contribution in [-0.4, -0.2) is 32.8 Å². The van der Waals surface area contributed by atoms with Crippen molar-refractivity contribution in [2.24, 2.45) is 12.8 Å². The third kappa shape index (κ3) is 4.97. The minimum absolute atomic E-state index is 0. The molecule has 1 amide bonds. The molecule has 0 aliphatic heterocycles. The van der Waals surface area contributed by atoms with Crippen molar-refractivity contribution in [1.29, 1.82) is 0 Å². The molecule has 0 unspecified atom stereocenters. The molecule has 8 heteroatoms. The minimum Gasteiger partial charge on any atom is -0.350 e. The van der Waals surface area contributed by atoms with Gasteiger partial charge in [0.15, 0.2) is 5.65 Å². The van der Waals surface area contributed by atoms with Gasteiger partial charge in [-0.3, -0.25) is 9.48 Å². The molecular formula is C19H25Cl2N5O. The molecule has 0 bridgehead atoms. The summed E-state index contributed by atoms with van der Waals surface area (Å²) < 4.78 is 1.71. The predicted octanol–water partition coefficient (Wildman–Crippen LogP) is 3.25. The summed E-state index contributed by atoms with van der Waals surface area (Å²) in [5.41, 5.74) is 9.25. The SMILES string of the molecule is Cc1nn(C)c2nc(-c3ccccc3)cc(C(=O)NCC(C)(C)N)c12.Cl.Cl. The van der Waals surface area contributed by atoms with Crippen molar-refractivity contribution >= 4 is 41.8 Å². The summed E-state index contributed by atoms with van der Waals surface area (Å²) in [6.07, 6.45) is 0. The van der Waals surface area contributed by atoms with Gasteiger partial charge in [0.2, 0.25) is 0 Å². The number of carbonyl (C=O) groups is 1. The van der Waals surface area contributed by atoms with Gasteiger partial charge in [0.05, 0.1) is 22.3 Å². The number of aromatic nitrogens is 3. The summed E-state index contributed by atoms with van der Waals surface area (Å²) in [6, 6.07) is 11.6. The van der Waals surface area contributed by atoms with Gasteiger partial charge in [-0.25, -0.2) is 4.98 Å². The van der Waals surface area contributed by atoms with Gasteiger partial charge < -0.3 is 11.1 Å². The Hall–Kier alpha value is -2.15. The van der Waals surface area contributed by atoms with Crippen molar-refractivity contribution in [1.82, 2.24) is 20.1 Å². The molecule has 0 radical (unpaired) electrons. The maximum atomic E-state index is 12.8. The number of nitrogens with one attached hydrogen (secondary N) is 1. The molecule has 2 heterocycles. The van der Waals surface area contributed by atoms with Gasteiger partial charge in [-0.2, -0.15) is 5.10 Å². The number of carbonyl (C=O) groups excluding carboxylic acids is 1. The van der Waals surface area contributed by atoms with Gasteiger partial charge in [0.1, 0.15) is 0 Å². The third-order valence-electron chi connectivity index (χ3n) is 3.99. The molecule has 0 aliphatic rings. The highest BCUT2D eigenvalue weighted by atomic mass is 35.5. The zero-order chi connectivity index (χ0) is 18.2. The van der Waals surface area contributed by atoms with Gasteiger partial charge in [0.25, 0.3) is 5.91 Å². The summed E-state index contributed by atoms with van der Waals surface area (Å²) in [4.78, 5) is 17.5. The average Bonchev–Trinajstić information content (AvgIpc) is 2.86. The second-order valence-electron chi connectivity index (χ2n) is 7.00. The molecule has 146 valence electrons. The quantitative estimate of drug-likeness (QED) is 0.692. The maximum Gasteiger partial charge on any atom is 0.252 e. The molecule has 0 saturated heterocycles. The van der Waals surface area contributed by atoms with Gasteiger partial charge in [-0.1, -0.05) is 30.3 Å². The van der Waals surface area contributed by atoms with Crippen LogP contribution in [0.2, 0.25) is 0 Å². The normalized spacial score (nSPS) is 10.9. The number of nitrogens with two attached hydrogens (primary N) is 1. The Labute approximate surface area is 171 Å². The number of aryl methyl sites for hydroxylation is 2. The van der Waals surface area contributed by atoms with Crippen LogP contribution in [0.25, 0.3) is 22.3 Å². The van der Waals surface area contributed by atoms with Crippen molar-refractivity contribution in [2.45, 2.75) is 26.3 Å². The van der Waals surface area contributed by atoms with E-state index in [-0.39, 0.29) is 30.7 Å². The molecular weight excluding hydrogens is 385 g/mol. The first-order valence-corrected chi connectivity index (χ1v) is 8.23. The van der Waals surface area contributed by atoms with Crippen molar-refractivity contribution in [2.75, 3.05) is 6.54 Å². The molecule has 1 aromatic carbocycles. The lowest BCUT2D eigenvalue weighted by atomic mass is 10.0. The van der Waals surface area contributed by atoms with Crippen LogP contribution in [0.5, 0.6) is 0 Å². The van der Waals surface area contributed by atoms with E-state index >= 15 is 0 Å². The topological polar surface area (TPSA) is 85.8 Å². The van der Waals surface area contributed by atoms with Crippen LogP contribution in [-0.2, 0) is 7.05 Å². The Bertz CT molecular complexity index is 933. The lowest BCUT2D eigenvalue weighted by molar-refractivity contribution is 0.0947. The standard InChI is InChI=1S/C19H23N5O.2ClH/c1-12-16-14(18(25)21-11-19(2,3)20)10-15(13-8-6-5-7-9-13)22-17(16)24(4)23-12;;/h5-10H,11,20H2,1-4H3,(H,21,25);2*1H. The number of amides is 1. The fraction of sp³-hybridized carbons (Fsp3) is 0.316. The Balaban J connectivity index is 0.00000182. The van der Waals surface area contributed by atoms with E-state index in [0.717, 1.165) is 22.3 Å². The largest absolute Gasteiger partial charge is 0.350 e. The highest BCUT2D eigenvalue weighted by molar-refractivity contribution is 6.07. The van der Waals surface area contributed by atoms with E-state index in [1.165, 1.54) is 0 Å². The van der Waals surface area contributed by atoms with Gasteiger partial charge in [-0.15, -0.1) is 24.8 Å². The zero-order valence-corrected chi connectivity index (χ0v) is 17.4. The van der Waals surface area contributed by atoms with Crippen LogP contribution in [0.4, 0.5) is 0 Å². The fourth-order valence-corrected chi connectivity index (χ4v) is 2.78. The number of nitrogens with zero attached hydrogens (tertiary/aromatic N) is 3. The molecule has 0 saturated carbocycles. The van der Waals surface area contributed by atoms with Crippen LogP contribution in [0, 0.1) is 6.92 Å². The number of hydrogen-bond acceptors (Lipinski definition) is 4. The van der Waals surface area contributed by atoms with Crippen molar-refractivity contribution in [3.8, 4) is 11.3 Å². The number of halogens is 2. The molecule has 0 spiro atoms. The van der Waals surface area contributed by atoms with Crippen LogP contribution in [0.3, 0.4) is 0 Å². The first kappa shape index (κ1) is 22.9. The number of pyridine rings is 1. The molecule has 2 aromatic heterocycles. The molecule has 3 N–H and O–H groups in total. The second-order valence-corrected chi connectivity index (χ2v) is 7.00. The first-order valence-electron chi connectivity index (χ1n) is 8.23. The lowest BCUT2D eigenvalue weighted by Gasteiger charge is -2.19. The molecule has 6 nitrogen and oxygen atoms in total. The smallest absolute Gasteiger partial charge is 0.252 e. The first-order chi connectivity index (χ1) is 11.8. The molecule has 3 aromatic rings. The van der Waals surface area contributed by atoms with Crippen LogP contribution in [0.1, 0.15) is 29.9 Å². The summed E-state index contributed by atoms with van der Waals surface area (Å²) in [7, 11) is 1.84. The highest BCUT2D eigenvalue weighted by Crippen LogP contribution is 2.26. The molecule has 27 heavy (non-hydrogen) atoms. The highest BCUT2D eigenvalue weighted by Gasteiger charge is 2.20. The zero-order valence-electron chi connectivity index (χ0n) is 15.8. The van der Waals surface area contributed by atoms with E-state index in [2.05, 4.69) is 10.4 Å². The summed E-state index contributed by atoms with van der Waals surface area (Å²) in [6.45, 7) is 6.02. The predicted molar refractivity (Wildman–Crippen MR) is 114 cm³/mol. The van der Waals surface area contributed by atoms with E-state index in [0.29, 0.717) is 17.8 Å². The Morgan fingerprint density at radius 2 is 1.85 bits per heavy atom. The van der Waals surface area contributed by atoms with Crippen molar-refractivity contribution in [3.63, 3.8) is 0 Å². The average molecular weight is 410 g/mol. The molecule has 0 aliphatic carbocycles. The summed E-state index contributed by atoms with van der Waals surface area (Å²) >= 11 is 0. The monoisotopic (exact) mass is 409 g/mol. The van der Waals surface area contributed by atoms with E-state index < -0.39 is 5.54 Å². The minimum atomic E-state index is -0.478. The van der Waals surface area contributed by atoms with Gasteiger partial charge in [-0.05, 0) is 26.8 Å². The number of hydrogen-bond donors (Lipinski definition) is 2. The number of rotatable bonds is 4. The van der Waals surface area contributed by atoms with Crippen LogP contribution >= 0.6 is 24.8 Å². The van der Waals surface area contributed by atoms with E-state index in [9.17, 15) is 4.79 Å². The Kier molecular flexibility index (Phi) is 7.37. The number of benzene rings is 1. The lowest BCUT2D eigenvalue weighted by Crippen LogP contribution is -2.45. The van der Waals surface area contributed by atoms with E-state index in [1.54, 1.807) is 4.68 Å². The third-order valence-corrected chi connectivity index (χ3v) is 3.99. The molecule has 3 rings (SSSR count). The maximum absolute atomic E-state index is 12.8.